The van der Waals surface area contributed by atoms with Crippen molar-refractivity contribution in [2.75, 3.05) is 5.88 Å². The van der Waals surface area contributed by atoms with E-state index in [1.54, 1.807) is 0 Å². The first-order valence-corrected chi connectivity index (χ1v) is 17.9. The van der Waals surface area contributed by atoms with Crippen LogP contribution >= 0.6 is 11.6 Å². The predicted octanol–water partition coefficient (Wildman–Crippen LogP) is 13.3. The maximum Gasteiger partial charge on any atom is 0.132 e. The fourth-order valence-electron chi connectivity index (χ4n) is 5.53. The van der Waals surface area contributed by atoms with Gasteiger partial charge in [-0.05, 0) is 19.3 Å². The van der Waals surface area contributed by atoms with Crippen LogP contribution in [0.1, 0.15) is 212 Å². The first-order chi connectivity index (χ1) is 18.3. The van der Waals surface area contributed by atoms with Crippen LogP contribution in [0.4, 0.5) is 0 Å². The van der Waals surface area contributed by atoms with Crippen molar-refractivity contribution < 1.29 is 4.79 Å². The average Bonchev–Trinajstić information content (AvgIpc) is 2.90. The topological polar surface area (TPSA) is 17.1 Å². The van der Waals surface area contributed by atoms with Gasteiger partial charge in [0, 0.05) is 18.7 Å². The molecular formula is C35H69ClO. The Bertz CT molecular complexity index is 421. The molecule has 37 heavy (non-hydrogen) atoms. The van der Waals surface area contributed by atoms with Crippen molar-refractivity contribution in [1.29, 1.82) is 0 Å². The van der Waals surface area contributed by atoms with Gasteiger partial charge < -0.3 is 0 Å². The van der Waals surface area contributed by atoms with Crippen molar-refractivity contribution >= 4 is 17.4 Å². The number of unbranched alkanes of at least 4 members (excludes halogenated alkanes) is 28. The molecule has 0 aromatic rings. The lowest BCUT2D eigenvalue weighted by Crippen LogP contribution is -1.97. The van der Waals surface area contributed by atoms with Gasteiger partial charge in [0.15, 0.2) is 0 Å². The fourth-order valence-corrected chi connectivity index (χ4v) is 5.72. The number of carbonyl (C=O) groups is 1. The number of ketones is 1. The van der Waals surface area contributed by atoms with Gasteiger partial charge in [-0.25, -0.2) is 0 Å². The lowest BCUT2D eigenvalue weighted by molar-refractivity contribution is -0.119. The molecule has 0 unspecified atom stereocenters. The second-order valence-electron chi connectivity index (χ2n) is 12.0. The van der Waals surface area contributed by atoms with Gasteiger partial charge >= 0.3 is 0 Å². The molecule has 0 aliphatic rings. The quantitative estimate of drug-likeness (QED) is 0.0597. The van der Waals surface area contributed by atoms with E-state index in [9.17, 15) is 4.79 Å². The van der Waals surface area contributed by atoms with Gasteiger partial charge in [-0.1, -0.05) is 180 Å². The summed E-state index contributed by atoms with van der Waals surface area (Å²) in [5.74, 6) is 1.35. The van der Waals surface area contributed by atoms with Crippen LogP contribution in [0.2, 0.25) is 0 Å². The first kappa shape index (κ1) is 37.0. The molecule has 0 aromatic heterocycles. The standard InChI is InChI=1S/C35H69ClO/c1-2-3-4-5-6-7-8-9-11-14-17-20-23-26-29-32-35(37)33-30-27-24-21-18-15-12-10-13-16-19-22-25-28-31-34-36/h2-34H2,1H3. The molecule has 0 spiro atoms. The summed E-state index contributed by atoms with van der Waals surface area (Å²) in [6, 6.07) is 0. The van der Waals surface area contributed by atoms with Gasteiger partial charge in [0.2, 0.25) is 0 Å². The van der Waals surface area contributed by atoms with Crippen LogP contribution in [0.25, 0.3) is 0 Å². The molecule has 0 amide bonds. The number of hydrogen-bond acceptors (Lipinski definition) is 1. The van der Waals surface area contributed by atoms with Crippen LogP contribution in [0, 0.1) is 0 Å². The van der Waals surface area contributed by atoms with E-state index in [-0.39, 0.29) is 0 Å². The SMILES string of the molecule is CCCCCCCCCCCCCCCCCC(=O)CCCCCCCCCCCCCCCCCCl. The number of rotatable bonds is 33. The van der Waals surface area contributed by atoms with E-state index in [4.69, 9.17) is 11.6 Å². The Hall–Kier alpha value is -0.0400. The normalized spacial score (nSPS) is 11.4. The summed E-state index contributed by atoms with van der Waals surface area (Å²) in [5.41, 5.74) is 0. The largest absolute Gasteiger partial charge is 0.300 e. The highest BCUT2D eigenvalue weighted by molar-refractivity contribution is 6.17. The molecule has 0 aliphatic carbocycles. The van der Waals surface area contributed by atoms with E-state index in [0.717, 1.165) is 31.6 Å². The highest BCUT2D eigenvalue weighted by atomic mass is 35.5. The Kier molecular flexibility index (Phi) is 34.0. The zero-order valence-corrected chi connectivity index (χ0v) is 26.4. The van der Waals surface area contributed by atoms with Crippen molar-refractivity contribution in [1.82, 2.24) is 0 Å². The maximum atomic E-state index is 12.1. The van der Waals surface area contributed by atoms with Crippen LogP contribution < -0.4 is 0 Å². The minimum absolute atomic E-state index is 0.522. The summed E-state index contributed by atoms with van der Waals surface area (Å²) >= 11 is 5.72. The monoisotopic (exact) mass is 541 g/mol. The van der Waals surface area contributed by atoms with E-state index < -0.39 is 0 Å². The third kappa shape index (κ3) is 33.9. The molecule has 0 heterocycles. The Morgan fingerprint density at radius 1 is 0.351 bits per heavy atom. The van der Waals surface area contributed by atoms with Gasteiger partial charge in [-0.15, -0.1) is 11.6 Å². The molecule has 0 aliphatic heterocycles. The van der Waals surface area contributed by atoms with Crippen molar-refractivity contribution in [3.8, 4) is 0 Å². The first-order valence-electron chi connectivity index (χ1n) is 17.4. The van der Waals surface area contributed by atoms with E-state index in [1.807, 2.05) is 0 Å². The van der Waals surface area contributed by atoms with Gasteiger partial charge in [0.1, 0.15) is 5.78 Å². The van der Waals surface area contributed by atoms with Gasteiger partial charge in [0.05, 0.1) is 0 Å². The molecule has 0 N–H and O–H groups in total. The van der Waals surface area contributed by atoms with Crippen LogP contribution in [0.5, 0.6) is 0 Å². The highest BCUT2D eigenvalue weighted by Gasteiger charge is 2.02. The lowest BCUT2D eigenvalue weighted by Gasteiger charge is -2.04. The Balaban J connectivity index is 3.14. The molecule has 1 nitrogen and oxygen atoms in total. The summed E-state index contributed by atoms with van der Waals surface area (Å²) in [6.45, 7) is 2.29. The van der Waals surface area contributed by atoms with Gasteiger partial charge in [0.25, 0.3) is 0 Å². The number of alkyl halides is 1. The fraction of sp³-hybridized carbons (Fsp3) is 0.971. The molecule has 0 bridgehead atoms. The molecule has 0 saturated carbocycles. The summed E-state index contributed by atoms with van der Waals surface area (Å²) in [5, 5.41) is 0. The van der Waals surface area contributed by atoms with E-state index in [1.165, 1.54) is 180 Å². The van der Waals surface area contributed by atoms with Crippen molar-refractivity contribution in [2.45, 2.75) is 212 Å². The van der Waals surface area contributed by atoms with Crippen LogP contribution in [0.3, 0.4) is 0 Å². The number of hydrogen-bond donors (Lipinski definition) is 0. The Morgan fingerprint density at radius 3 is 0.811 bits per heavy atom. The molecular weight excluding hydrogens is 472 g/mol. The Morgan fingerprint density at radius 2 is 0.568 bits per heavy atom. The van der Waals surface area contributed by atoms with Crippen LogP contribution in [-0.4, -0.2) is 11.7 Å². The second kappa shape index (κ2) is 34.0. The highest BCUT2D eigenvalue weighted by Crippen LogP contribution is 2.16. The second-order valence-corrected chi connectivity index (χ2v) is 12.4. The lowest BCUT2D eigenvalue weighted by atomic mass is 10.0. The van der Waals surface area contributed by atoms with Crippen molar-refractivity contribution in [2.24, 2.45) is 0 Å². The van der Waals surface area contributed by atoms with Gasteiger partial charge in [-0.2, -0.15) is 0 Å². The molecule has 0 saturated heterocycles. The molecule has 2 heteroatoms. The molecule has 0 atom stereocenters. The molecule has 0 aromatic carbocycles. The van der Waals surface area contributed by atoms with Crippen LogP contribution in [-0.2, 0) is 4.79 Å². The van der Waals surface area contributed by atoms with E-state index >= 15 is 0 Å². The maximum absolute atomic E-state index is 12.1. The third-order valence-corrected chi connectivity index (χ3v) is 8.42. The van der Waals surface area contributed by atoms with Crippen molar-refractivity contribution in [3.05, 3.63) is 0 Å². The predicted molar refractivity (Wildman–Crippen MR) is 169 cm³/mol. The molecule has 222 valence electrons. The van der Waals surface area contributed by atoms with Crippen LogP contribution in [0.15, 0.2) is 0 Å². The zero-order chi connectivity index (χ0) is 26.9. The summed E-state index contributed by atoms with van der Waals surface area (Å²) < 4.78 is 0. The number of halogens is 1. The molecule has 0 rings (SSSR count). The minimum Gasteiger partial charge on any atom is -0.300 e. The number of Topliss-reactive ketones (excluding diaryl/α,β-unsaturated/α-hetero) is 1. The van der Waals surface area contributed by atoms with E-state index in [0.29, 0.717) is 5.78 Å². The van der Waals surface area contributed by atoms with Crippen molar-refractivity contribution in [3.63, 3.8) is 0 Å². The molecule has 0 radical (unpaired) electrons. The third-order valence-electron chi connectivity index (χ3n) is 8.15. The number of carbonyl (C=O) groups excluding carboxylic acids is 1. The van der Waals surface area contributed by atoms with E-state index in [2.05, 4.69) is 6.92 Å². The van der Waals surface area contributed by atoms with Gasteiger partial charge in [-0.3, -0.25) is 4.79 Å². The summed E-state index contributed by atoms with van der Waals surface area (Å²) in [7, 11) is 0. The smallest absolute Gasteiger partial charge is 0.132 e. The summed E-state index contributed by atoms with van der Waals surface area (Å²) in [6.07, 6.45) is 42.8. The Labute approximate surface area is 240 Å². The minimum atomic E-state index is 0.522. The average molecular weight is 541 g/mol. The zero-order valence-electron chi connectivity index (χ0n) is 25.6. The molecule has 0 fully saturated rings. The summed E-state index contributed by atoms with van der Waals surface area (Å²) in [4.78, 5) is 12.1.